The summed E-state index contributed by atoms with van der Waals surface area (Å²) in [4.78, 5) is 14.0. The maximum Gasteiger partial charge on any atom is 0.410 e. The molecular formula is C16H30N2O2. The highest BCUT2D eigenvalue weighted by Crippen LogP contribution is 2.44. The molecule has 1 unspecified atom stereocenters. The summed E-state index contributed by atoms with van der Waals surface area (Å²) in [7, 11) is 0. The fourth-order valence-corrected chi connectivity index (χ4v) is 2.59. The second-order valence-electron chi connectivity index (χ2n) is 7.79. The molecule has 1 aliphatic heterocycles. The zero-order chi connectivity index (χ0) is 14.8. The van der Waals surface area contributed by atoms with E-state index in [2.05, 4.69) is 12.2 Å². The molecule has 0 radical (unpaired) electrons. The van der Waals surface area contributed by atoms with Crippen LogP contribution in [-0.4, -0.2) is 42.3 Å². The van der Waals surface area contributed by atoms with Gasteiger partial charge in [0.05, 0.1) is 0 Å². The average Bonchev–Trinajstić information content (AvgIpc) is 3.08. The SMILES string of the molecule is CC1(CNC2CCCN(C(=O)OC(C)(C)C)CC2)CC1. The van der Waals surface area contributed by atoms with Crippen LogP contribution >= 0.6 is 0 Å². The molecule has 4 heteroatoms. The number of likely N-dealkylation sites (tertiary alicyclic amines) is 1. The average molecular weight is 282 g/mol. The summed E-state index contributed by atoms with van der Waals surface area (Å²) < 4.78 is 5.46. The maximum absolute atomic E-state index is 12.1. The lowest BCUT2D eigenvalue weighted by Gasteiger charge is -2.26. The summed E-state index contributed by atoms with van der Waals surface area (Å²) in [5, 5.41) is 3.69. The molecule has 4 nitrogen and oxygen atoms in total. The van der Waals surface area contributed by atoms with Crippen molar-refractivity contribution in [3.05, 3.63) is 0 Å². The number of amides is 1. The topological polar surface area (TPSA) is 41.6 Å². The van der Waals surface area contributed by atoms with E-state index < -0.39 is 5.60 Å². The van der Waals surface area contributed by atoms with Crippen LogP contribution in [0.2, 0.25) is 0 Å². The Hall–Kier alpha value is -0.770. The van der Waals surface area contributed by atoms with Crippen LogP contribution in [0.15, 0.2) is 0 Å². The van der Waals surface area contributed by atoms with E-state index in [0.717, 1.165) is 38.9 Å². The lowest BCUT2D eigenvalue weighted by molar-refractivity contribution is 0.0256. The van der Waals surface area contributed by atoms with Crippen molar-refractivity contribution < 1.29 is 9.53 Å². The van der Waals surface area contributed by atoms with Gasteiger partial charge in [0.15, 0.2) is 0 Å². The predicted octanol–water partition coefficient (Wildman–Crippen LogP) is 3.17. The molecular weight excluding hydrogens is 252 g/mol. The standard InChI is InChI=1S/C16H30N2O2/c1-15(2,3)20-14(19)18-10-5-6-13(7-11-18)17-12-16(4)8-9-16/h13,17H,5-12H2,1-4H3. The van der Waals surface area contributed by atoms with Gasteiger partial charge in [-0.15, -0.1) is 0 Å². The molecule has 1 saturated heterocycles. The molecule has 0 aromatic carbocycles. The van der Waals surface area contributed by atoms with Crippen molar-refractivity contribution in [3.8, 4) is 0 Å². The third-order valence-corrected chi connectivity index (χ3v) is 4.30. The van der Waals surface area contributed by atoms with E-state index in [0.29, 0.717) is 11.5 Å². The first kappa shape index (κ1) is 15.6. The van der Waals surface area contributed by atoms with Gasteiger partial charge in [0.1, 0.15) is 5.60 Å². The van der Waals surface area contributed by atoms with Gasteiger partial charge in [-0.3, -0.25) is 0 Å². The number of nitrogens with one attached hydrogen (secondary N) is 1. The Kier molecular flexibility index (Phi) is 4.62. The van der Waals surface area contributed by atoms with Crippen LogP contribution in [0.4, 0.5) is 4.79 Å². The van der Waals surface area contributed by atoms with Gasteiger partial charge in [-0.1, -0.05) is 6.92 Å². The van der Waals surface area contributed by atoms with Crippen LogP contribution in [0, 0.1) is 5.41 Å². The molecule has 0 aromatic heterocycles. The molecule has 0 bridgehead atoms. The van der Waals surface area contributed by atoms with Crippen molar-refractivity contribution in [3.63, 3.8) is 0 Å². The molecule has 1 aliphatic carbocycles. The molecule has 2 aliphatic rings. The van der Waals surface area contributed by atoms with Crippen molar-refractivity contribution in [1.29, 1.82) is 0 Å². The molecule has 0 spiro atoms. The van der Waals surface area contributed by atoms with E-state index in [9.17, 15) is 4.79 Å². The van der Waals surface area contributed by atoms with Crippen LogP contribution in [0.5, 0.6) is 0 Å². The van der Waals surface area contributed by atoms with E-state index in [1.165, 1.54) is 12.8 Å². The van der Waals surface area contributed by atoms with Gasteiger partial charge in [-0.25, -0.2) is 4.79 Å². The molecule has 2 fully saturated rings. The van der Waals surface area contributed by atoms with Gasteiger partial charge in [-0.2, -0.15) is 0 Å². The van der Waals surface area contributed by atoms with Crippen LogP contribution < -0.4 is 5.32 Å². The van der Waals surface area contributed by atoms with Crippen molar-refractivity contribution in [2.45, 2.75) is 71.4 Å². The fraction of sp³-hybridized carbons (Fsp3) is 0.938. The first-order valence-corrected chi connectivity index (χ1v) is 7.99. The summed E-state index contributed by atoms with van der Waals surface area (Å²) >= 11 is 0. The van der Waals surface area contributed by atoms with Crippen molar-refractivity contribution in [2.24, 2.45) is 5.41 Å². The second kappa shape index (κ2) is 5.92. The minimum absolute atomic E-state index is 0.160. The number of hydrogen-bond acceptors (Lipinski definition) is 3. The van der Waals surface area contributed by atoms with Crippen LogP contribution in [-0.2, 0) is 4.74 Å². The van der Waals surface area contributed by atoms with E-state index in [4.69, 9.17) is 4.74 Å². The first-order chi connectivity index (χ1) is 9.27. The number of hydrogen-bond donors (Lipinski definition) is 1. The molecule has 1 heterocycles. The van der Waals surface area contributed by atoms with Gasteiger partial charge >= 0.3 is 6.09 Å². The molecule has 1 N–H and O–H groups in total. The zero-order valence-corrected chi connectivity index (χ0v) is 13.5. The Morgan fingerprint density at radius 2 is 2.00 bits per heavy atom. The maximum atomic E-state index is 12.1. The van der Waals surface area contributed by atoms with Crippen molar-refractivity contribution >= 4 is 6.09 Å². The summed E-state index contributed by atoms with van der Waals surface area (Å²) in [6.07, 6.45) is 5.82. The Balaban J connectivity index is 1.75. The summed E-state index contributed by atoms with van der Waals surface area (Å²) in [6, 6.07) is 0.555. The third-order valence-electron chi connectivity index (χ3n) is 4.30. The third kappa shape index (κ3) is 4.97. The van der Waals surface area contributed by atoms with Gasteiger partial charge in [0.25, 0.3) is 0 Å². The fourth-order valence-electron chi connectivity index (χ4n) is 2.59. The summed E-state index contributed by atoms with van der Waals surface area (Å²) in [6.45, 7) is 10.9. The Bertz CT molecular complexity index is 345. The summed E-state index contributed by atoms with van der Waals surface area (Å²) in [5.74, 6) is 0. The largest absolute Gasteiger partial charge is 0.444 e. The van der Waals surface area contributed by atoms with E-state index in [1.807, 2.05) is 25.7 Å². The number of rotatable bonds is 3. The Morgan fingerprint density at radius 3 is 2.60 bits per heavy atom. The highest BCUT2D eigenvalue weighted by molar-refractivity contribution is 5.68. The van der Waals surface area contributed by atoms with Gasteiger partial charge < -0.3 is 15.0 Å². The molecule has 20 heavy (non-hydrogen) atoms. The molecule has 0 aromatic rings. The minimum Gasteiger partial charge on any atom is -0.444 e. The lowest BCUT2D eigenvalue weighted by atomic mass is 10.1. The summed E-state index contributed by atoms with van der Waals surface area (Å²) in [5.41, 5.74) is 0.152. The predicted molar refractivity (Wildman–Crippen MR) is 80.8 cm³/mol. The normalized spacial score (nSPS) is 26.0. The minimum atomic E-state index is -0.401. The molecule has 1 amide bonds. The Labute approximate surface area is 123 Å². The van der Waals surface area contributed by atoms with Crippen LogP contribution in [0.1, 0.15) is 59.8 Å². The Morgan fingerprint density at radius 1 is 1.30 bits per heavy atom. The highest BCUT2D eigenvalue weighted by atomic mass is 16.6. The van der Waals surface area contributed by atoms with E-state index in [1.54, 1.807) is 0 Å². The van der Waals surface area contributed by atoms with Crippen LogP contribution in [0.25, 0.3) is 0 Å². The lowest BCUT2D eigenvalue weighted by Crippen LogP contribution is -2.38. The first-order valence-electron chi connectivity index (χ1n) is 7.99. The second-order valence-corrected chi connectivity index (χ2v) is 7.79. The zero-order valence-electron chi connectivity index (χ0n) is 13.5. The quantitative estimate of drug-likeness (QED) is 0.864. The number of ether oxygens (including phenoxy) is 1. The number of carbonyl (C=O) groups excluding carboxylic acids is 1. The van der Waals surface area contributed by atoms with Gasteiger partial charge in [-0.05, 0) is 58.3 Å². The number of carbonyl (C=O) groups is 1. The van der Waals surface area contributed by atoms with Crippen LogP contribution in [0.3, 0.4) is 0 Å². The molecule has 2 rings (SSSR count). The van der Waals surface area contributed by atoms with Crippen molar-refractivity contribution in [2.75, 3.05) is 19.6 Å². The molecule has 1 saturated carbocycles. The van der Waals surface area contributed by atoms with Gasteiger partial charge in [0.2, 0.25) is 0 Å². The van der Waals surface area contributed by atoms with Crippen molar-refractivity contribution in [1.82, 2.24) is 10.2 Å². The molecule has 116 valence electrons. The van der Waals surface area contributed by atoms with E-state index >= 15 is 0 Å². The monoisotopic (exact) mass is 282 g/mol. The molecule has 1 atom stereocenters. The van der Waals surface area contributed by atoms with Gasteiger partial charge in [0, 0.05) is 25.7 Å². The highest BCUT2D eigenvalue weighted by Gasteiger charge is 2.37. The number of nitrogens with zero attached hydrogens (tertiary/aromatic N) is 1. The smallest absolute Gasteiger partial charge is 0.410 e. The van der Waals surface area contributed by atoms with E-state index in [-0.39, 0.29) is 6.09 Å².